The van der Waals surface area contributed by atoms with Gasteiger partial charge in [-0.1, -0.05) is 36.9 Å². The Morgan fingerprint density at radius 1 is 1.25 bits per heavy atom. The second-order valence-electron chi connectivity index (χ2n) is 2.15. The van der Waals surface area contributed by atoms with Crippen LogP contribution in [0.3, 0.4) is 0 Å². The van der Waals surface area contributed by atoms with Crippen molar-refractivity contribution < 1.29 is 9.90 Å². The smallest absolute Gasteiger partial charge is 0.335 e. The fourth-order valence-corrected chi connectivity index (χ4v) is 0.763. The number of hydrogen-bond donors (Lipinski definition) is 1. The van der Waals surface area contributed by atoms with E-state index in [0.717, 1.165) is 0 Å². The largest absolute Gasteiger partial charge is 0.478 e. The minimum atomic E-state index is -0.976. The van der Waals surface area contributed by atoms with E-state index in [-0.39, 0.29) is 35.1 Å². The molecule has 2 nitrogen and oxygen atoms in total. The first kappa shape index (κ1) is 11.4. The standard InChI is InChI=1S/C9H8O2.Na/c1-7(9(10)11)8-5-3-2-4-6-8;/h2-6H,1H2,(H,10,11);. The Hall–Kier alpha value is -0.570. The molecule has 0 amide bonds. The van der Waals surface area contributed by atoms with E-state index >= 15 is 0 Å². The molecule has 57 valence electrons. The minimum Gasteiger partial charge on any atom is -0.478 e. The molecule has 1 aromatic rings. The quantitative estimate of drug-likeness (QED) is 0.539. The Kier molecular flexibility index (Phi) is 4.90. The molecule has 0 aliphatic heterocycles. The van der Waals surface area contributed by atoms with Crippen molar-refractivity contribution >= 4 is 41.1 Å². The fraction of sp³-hybridized carbons (Fsp3) is 0. The van der Waals surface area contributed by atoms with Crippen LogP contribution in [-0.2, 0) is 4.79 Å². The SMILES string of the molecule is C=C(C(=O)O)c1ccccc1.[Na]. The van der Waals surface area contributed by atoms with E-state index < -0.39 is 5.97 Å². The number of carbonyl (C=O) groups is 1. The molecule has 0 aliphatic carbocycles. The number of rotatable bonds is 2. The van der Waals surface area contributed by atoms with Crippen LogP contribution in [0.5, 0.6) is 0 Å². The second kappa shape index (κ2) is 5.14. The van der Waals surface area contributed by atoms with E-state index in [1.807, 2.05) is 6.07 Å². The van der Waals surface area contributed by atoms with Crippen LogP contribution < -0.4 is 0 Å². The summed E-state index contributed by atoms with van der Waals surface area (Å²) in [4.78, 5) is 10.4. The Balaban J connectivity index is 0.00000121. The summed E-state index contributed by atoms with van der Waals surface area (Å²) in [6.45, 7) is 3.42. The number of aliphatic carboxylic acids is 1. The van der Waals surface area contributed by atoms with Gasteiger partial charge < -0.3 is 5.11 Å². The Morgan fingerprint density at radius 2 is 1.75 bits per heavy atom. The summed E-state index contributed by atoms with van der Waals surface area (Å²) in [7, 11) is 0. The van der Waals surface area contributed by atoms with Crippen molar-refractivity contribution in [3.63, 3.8) is 0 Å². The summed E-state index contributed by atoms with van der Waals surface area (Å²) in [6, 6.07) is 8.83. The van der Waals surface area contributed by atoms with Gasteiger partial charge in [-0.05, 0) is 5.56 Å². The normalized spacial score (nSPS) is 8.33. The van der Waals surface area contributed by atoms with Gasteiger partial charge in [-0.15, -0.1) is 0 Å². The van der Waals surface area contributed by atoms with Gasteiger partial charge in [-0.2, -0.15) is 0 Å². The number of hydrogen-bond acceptors (Lipinski definition) is 1. The maximum absolute atomic E-state index is 10.4. The summed E-state index contributed by atoms with van der Waals surface area (Å²) in [5, 5.41) is 8.54. The maximum Gasteiger partial charge on any atom is 0.335 e. The zero-order chi connectivity index (χ0) is 8.27. The van der Waals surface area contributed by atoms with E-state index in [1.54, 1.807) is 24.3 Å². The third-order valence-corrected chi connectivity index (χ3v) is 1.38. The van der Waals surface area contributed by atoms with Crippen LogP contribution in [0.25, 0.3) is 5.57 Å². The molecule has 1 rings (SSSR count). The van der Waals surface area contributed by atoms with Crippen LogP contribution in [-0.4, -0.2) is 40.6 Å². The molecule has 3 heteroatoms. The molecule has 0 fully saturated rings. The van der Waals surface area contributed by atoms with Gasteiger partial charge in [0.15, 0.2) is 0 Å². The van der Waals surface area contributed by atoms with Gasteiger partial charge in [0.1, 0.15) is 0 Å². The van der Waals surface area contributed by atoms with Gasteiger partial charge in [0.05, 0.1) is 5.57 Å². The predicted octanol–water partition coefficient (Wildman–Crippen LogP) is 1.40. The molecular formula is C9H8NaO2. The number of carboxylic acid groups (broad SMARTS) is 1. The van der Waals surface area contributed by atoms with Crippen LogP contribution in [0.4, 0.5) is 0 Å². The molecule has 0 unspecified atom stereocenters. The van der Waals surface area contributed by atoms with E-state index in [4.69, 9.17) is 5.11 Å². The summed E-state index contributed by atoms with van der Waals surface area (Å²) >= 11 is 0. The van der Waals surface area contributed by atoms with Gasteiger partial charge in [0, 0.05) is 29.6 Å². The summed E-state index contributed by atoms with van der Waals surface area (Å²) in [5.41, 5.74) is 0.783. The van der Waals surface area contributed by atoms with Crippen molar-refractivity contribution in [1.29, 1.82) is 0 Å². The maximum atomic E-state index is 10.4. The molecule has 0 saturated carbocycles. The van der Waals surface area contributed by atoms with E-state index in [2.05, 4.69) is 6.58 Å². The van der Waals surface area contributed by atoms with Crippen molar-refractivity contribution in [3.8, 4) is 0 Å². The van der Waals surface area contributed by atoms with Crippen LogP contribution in [0.15, 0.2) is 36.9 Å². The third-order valence-electron chi connectivity index (χ3n) is 1.38. The molecule has 0 spiro atoms. The Morgan fingerprint density at radius 3 is 2.17 bits per heavy atom. The van der Waals surface area contributed by atoms with Gasteiger partial charge in [0.25, 0.3) is 0 Å². The van der Waals surface area contributed by atoms with Gasteiger partial charge in [0.2, 0.25) is 0 Å². The summed E-state index contributed by atoms with van der Waals surface area (Å²) in [6.07, 6.45) is 0. The van der Waals surface area contributed by atoms with Gasteiger partial charge in [-0.3, -0.25) is 0 Å². The van der Waals surface area contributed by atoms with E-state index in [0.29, 0.717) is 5.56 Å². The van der Waals surface area contributed by atoms with Crippen molar-refractivity contribution in [2.45, 2.75) is 0 Å². The average molecular weight is 171 g/mol. The molecule has 0 aliphatic rings. The second-order valence-corrected chi connectivity index (χ2v) is 2.15. The fourth-order valence-electron chi connectivity index (χ4n) is 0.763. The van der Waals surface area contributed by atoms with Crippen molar-refractivity contribution in [1.82, 2.24) is 0 Å². The van der Waals surface area contributed by atoms with Crippen molar-refractivity contribution in [2.24, 2.45) is 0 Å². The van der Waals surface area contributed by atoms with Crippen molar-refractivity contribution in [3.05, 3.63) is 42.5 Å². The molecule has 12 heavy (non-hydrogen) atoms. The van der Waals surface area contributed by atoms with Gasteiger partial charge in [-0.25, -0.2) is 4.79 Å². The topological polar surface area (TPSA) is 37.3 Å². The number of carboxylic acids is 1. The first-order valence-electron chi connectivity index (χ1n) is 3.19. The third kappa shape index (κ3) is 2.81. The Bertz CT molecular complexity index is 280. The monoisotopic (exact) mass is 171 g/mol. The number of benzene rings is 1. The molecular weight excluding hydrogens is 163 g/mol. The average Bonchev–Trinajstić information content (AvgIpc) is 2.05. The van der Waals surface area contributed by atoms with Crippen LogP contribution in [0, 0.1) is 0 Å². The zero-order valence-electron chi connectivity index (χ0n) is 6.95. The van der Waals surface area contributed by atoms with E-state index in [1.165, 1.54) is 0 Å². The molecule has 0 heterocycles. The van der Waals surface area contributed by atoms with Crippen LogP contribution in [0.2, 0.25) is 0 Å². The molecule has 1 N–H and O–H groups in total. The molecule has 0 aromatic heterocycles. The Labute approximate surface area is 93.2 Å². The first-order chi connectivity index (χ1) is 5.22. The van der Waals surface area contributed by atoms with Crippen LogP contribution in [0.1, 0.15) is 5.56 Å². The minimum absolute atomic E-state index is 0. The van der Waals surface area contributed by atoms with Crippen molar-refractivity contribution in [2.75, 3.05) is 0 Å². The molecule has 1 aromatic carbocycles. The van der Waals surface area contributed by atoms with Gasteiger partial charge >= 0.3 is 5.97 Å². The molecule has 1 radical (unpaired) electrons. The first-order valence-corrected chi connectivity index (χ1v) is 3.19. The predicted molar refractivity (Wildman–Crippen MR) is 48.9 cm³/mol. The van der Waals surface area contributed by atoms with Crippen LogP contribution >= 0.6 is 0 Å². The molecule has 0 bridgehead atoms. The summed E-state index contributed by atoms with van der Waals surface area (Å²) in [5.74, 6) is -0.976. The molecule has 0 saturated heterocycles. The zero-order valence-corrected chi connectivity index (χ0v) is 8.95. The molecule has 0 atom stereocenters. The van der Waals surface area contributed by atoms with E-state index in [9.17, 15) is 4.79 Å². The summed E-state index contributed by atoms with van der Waals surface area (Å²) < 4.78 is 0.